The zero-order valence-corrected chi connectivity index (χ0v) is 18.9. The molecule has 1 saturated carbocycles. The predicted octanol–water partition coefficient (Wildman–Crippen LogP) is 7.96. The lowest BCUT2D eigenvalue weighted by Gasteiger charge is -2.27. The van der Waals surface area contributed by atoms with Gasteiger partial charge in [-0.25, -0.2) is 0 Å². The van der Waals surface area contributed by atoms with Crippen LogP contribution in [-0.2, 0) is 4.79 Å². The van der Waals surface area contributed by atoms with Gasteiger partial charge in [-0.3, -0.25) is 4.79 Å². The van der Waals surface area contributed by atoms with Gasteiger partial charge in [0.2, 0.25) is 0 Å². The Balaban J connectivity index is 1.52. The van der Waals surface area contributed by atoms with Crippen molar-refractivity contribution >= 4 is 5.78 Å². The van der Waals surface area contributed by atoms with Gasteiger partial charge in [0.25, 0.3) is 0 Å². The van der Waals surface area contributed by atoms with Crippen molar-refractivity contribution in [3.05, 3.63) is 54.1 Å². The largest absolute Gasteiger partial charge is 0.494 e. The third-order valence-electron chi connectivity index (χ3n) is 6.46. The first-order chi connectivity index (χ1) is 14.7. The van der Waals surface area contributed by atoms with Crippen LogP contribution in [0, 0.1) is 5.92 Å². The number of ketones is 1. The van der Waals surface area contributed by atoms with E-state index in [9.17, 15) is 4.79 Å². The lowest BCUT2D eigenvalue weighted by molar-refractivity contribution is -0.123. The highest BCUT2D eigenvalue weighted by Crippen LogP contribution is 2.35. The number of benzene rings is 2. The van der Waals surface area contributed by atoms with Crippen molar-refractivity contribution in [3.63, 3.8) is 0 Å². The normalized spacial score (nSPS) is 19.1. The molecule has 0 aromatic heterocycles. The Morgan fingerprint density at radius 1 is 0.800 bits per heavy atom. The monoisotopic (exact) mass is 406 g/mol. The summed E-state index contributed by atoms with van der Waals surface area (Å²) in [6.07, 6.45) is 11.6. The average Bonchev–Trinajstić information content (AvgIpc) is 2.77. The van der Waals surface area contributed by atoms with Crippen LogP contribution in [0.2, 0.25) is 0 Å². The Bertz CT molecular complexity index is 760. The van der Waals surface area contributed by atoms with Crippen LogP contribution in [0.15, 0.2) is 48.5 Å². The maximum absolute atomic E-state index is 12.6. The summed E-state index contributed by atoms with van der Waals surface area (Å²) in [6, 6.07) is 17.0. The minimum Gasteiger partial charge on any atom is -0.494 e. The Morgan fingerprint density at radius 2 is 1.47 bits per heavy atom. The van der Waals surface area contributed by atoms with Crippen LogP contribution in [0.4, 0.5) is 0 Å². The first kappa shape index (κ1) is 22.6. The summed E-state index contributed by atoms with van der Waals surface area (Å²) in [5.41, 5.74) is 3.56. The van der Waals surface area contributed by atoms with Gasteiger partial charge in [0.1, 0.15) is 11.5 Å². The minimum absolute atomic E-state index is 0.0975. The summed E-state index contributed by atoms with van der Waals surface area (Å²) < 4.78 is 5.88. The van der Waals surface area contributed by atoms with Gasteiger partial charge in [-0.1, -0.05) is 88.8 Å². The maximum atomic E-state index is 12.6. The van der Waals surface area contributed by atoms with E-state index in [0.717, 1.165) is 31.6 Å². The predicted molar refractivity (Wildman–Crippen MR) is 126 cm³/mol. The number of carbonyl (C=O) groups is 1. The summed E-state index contributed by atoms with van der Waals surface area (Å²) >= 11 is 0. The standard InChI is InChI=1S/C28H38O2/c1-3-5-6-7-8-20-30-26-17-15-24(16-18-26)23-11-13-25(14-12-23)27-19-10-22(9-4-2)21-28(27)29/h11-18,22,27H,3-10,19-21H2,1-2H3/t22-,27+/m0/s1. The van der Waals surface area contributed by atoms with Crippen LogP contribution < -0.4 is 4.74 Å². The number of hydrogen-bond acceptors (Lipinski definition) is 2. The molecule has 1 aliphatic rings. The number of hydrogen-bond donors (Lipinski definition) is 0. The van der Waals surface area contributed by atoms with Crippen molar-refractivity contribution in [2.75, 3.05) is 6.61 Å². The average molecular weight is 407 g/mol. The van der Waals surface area contributed by atoms with Crippen LogP contribution in [0.3, 0.4) is 0 Å². The first-order valence-electron chi connectivity index (χ1n) is 12.1. The zero-order chi connectivity index (χ0) is 21.2. The van der Waals surface area contributed by atoms with E-state index in [1.54, 1.807) is 0 Å². The van der Waals surface area contributed by atoms with Gasteiger partial charge in [-0.15, -0.1) is 0 Å². The van der Waals surface area contributed by atoms with E-state index in [2.05, 4.69) is 62.4 Å². The molecule has 30 heavy (non-hydrogen) atoms. The van der Waals surface area contributed by atoms with Crippen molar-refractivity contribution in [2.45, 2.75) is 84.0 Å². The molecule has 1 aliphatic carbocycles. The molecule has 3 rings (SSSR count). The fraction of sp³-hybridized carbons (Fsp3) is 0.536. The number of rotatable bonds is 11. The first-order valence-corrected chi connectivity index (χ1v) is 12.1. The van der Waals surface area contributed by atoms with E-state index >= 15 is 0 Å². The van der Waals surface area contributed by atoms with Gasteiger partial charge in [0.05, 0.1) is 6.61 Å². The third-order valence-corrected chi connectivity index (χ3v) is 6.46. The van der Waals surface area contributed by atoms with Crippen LogP contribution in [0.25, 0.3) is 11.1 Å². The molecule has 0 aliphatic heterocycles. The molecule has 2 heteroatoms. The molecule has 0 heterocycles. The molecule has 0 saturated heterocycles. The molecular formula is C28H38O2. The molecule has 0 N–H and O–H groups in total. The molecule has 0 bridgehead atoms. The van der Waals surface area contributed by atoms with E-state index < -0.39 is 0 Å². The highest BCUT2D eigenvalue weighted by Gasteiger charge is 2.29. The fourth-order valence-corrected chi connectivity index (χ4v) is 4.65. The fourth-order valence-electron chi connectivity index (χ4n) is 4.65. The highest BCUT2D eigenvalue weighted by atomic mass is 16.5. The molecule has 0 radical (unpaired) electrons. The molecule has 2 nitrogen and oxygen atoms in total. The summed E-state index contributed by atoms with van der Waals surface area (Å²) in [4.78, 5) is 12.6. The lowest BCUT2D eigenvalue weighted by atomic mass is 9.76. The van der Waals surface area contributed by atoms with Crippen molar-refractivity contribution < 1.29 is 9.53 Å². The molecule has 0 spiro atoms. The Kier molecular flexibility index (Phi) is 8.99. The Hall–Kier alpha value is -2.09. The Labute approximate surface area is 183 Å². The third kappa shape index (κ3) is 6.45. The molecular weight excluding hydrogens is 368 g/mol. The van der Waals surface area contributed by atoms with Gasteiger partial charge in [0, 0.05) is 12.3 Å². The van der Waals surface area contributed by atoms with Crippen molar-refractivity contribution in [2.24, 2.45) is 5.92 Å². The van der Waals surface area contributed by atoms with E-state index in [0.29, 0.717) is 11.7 Å². The Morgan fingerprint density at radius 3 is 2.10 bits per heavy atom. The molecule has 0 amide bonds. The summed E-state index contributed by atoms with van der Waals surface area (Å²) in [5.74, 6) is 2.08. The van der Waals surface area contributed by atoms with Gasteiger partial charge in [0.15, 0.2) is 0 Å². The van der Waals surface area contributed by atoms with Crippen molar-refractivity contribution in [1.82, 2.24) is 0 Å². The molecule has 2 atom stereocenters. The van der Waals surface area contributed by atoms with E-state index in [4.69, 9.17) is 4.74 Å². The van der Waals surface area contributed by atoms with E-state index in [-0.39, 0.29) is 5.92 Å². The highest BCUT2D eigenvalue weighted by molar-refractivity contribution is 5.86. The minimum atomic E-state index is 0.0975. The quantitative estimate of drug-likeness (QED) is 0.354. The molecule has 162 valence electrons. The van der Waals surface area contributed by atoms with Gasteiger partial charge >= 0.3 is 0 Å². The van der Waals surface area contributed by atoms with Crippen LogP contribution in [0.5, 0.6) is 5.75 Å². The summed E-state index contributed by atoms with van der Waals surface area (Å²) in [7, 11) is 0. The van der Waals surface area contributed by atoms with Gasteiger partial charge in [-0.2, -0.15) is 0 Å². The van der Waals surface area contributed by atoms with Gasteiger partial charge in [-0.05, 0) is 54.0 Å². The van der Waals surface area contributed by atoms with Crippen molar-refractivity contribution in [3.8, 4) is 16.9 Å². The topological polar surface area (TPSA) is 26.3 Å². The molecule has 0 unspecified atom stereocenters. The smallest absolute Gasteiger partial charge is 0.140 e. The van der Waals surface area contributed by atoms with Crippen LogP contribution in [0.1, 0.15) is 89.5 Å². The lowest BCUT2D eigenvalue weighted by Crippen LogP contribution is -2.23. The number of unbranched alkanes of at least 4 members (excludes halogenated alkanes) is 4. The number of Topliss-reactive ketones (excluding diaryl/α,β-unsaturated/α-hetero) is 1. The molecule has 2 aromatic carbocycles. The second-order valence-corrected chi connectivity index (χ2v) is 8.86. The molecule has 1 fully saturated rings. The SMILES string of the molecule is CCCCCCCOc1ccc(-c2ccc([C@H]3CC[C@H](CCC)CC3=O)cc2)cc1. The summed E-state index contributed by atoms with van der Waals surface area (Å²) in [6.45, 7) is 5.25. The second-order valence-electron chi connectivity index (χ2n) is 8.86. The van der Waals surface area contributed by atoms with Gasteiger partial charge < -0.3 is 4.74 Å². The maximum Gasteiger partial charge on any atom is 0.140 e. The summed E-state index contributed by atoms with van der Waals surface area (Å²) in [5, 5.41) is 0. The van der Waals surface area contributed by atoms with E-state index in [1.807, 2.05) is 0 Å². The van der Waals surface area contributed by atoms with E-state index in [1.165, 1.54) is 61.6 Å². The van der Waals surface area contributed by atoms with Crippen LogP contribution >= 0.6 is 0 Å². The second kappa shape index (κ2) is 11.9. The number of carbonyl (C=O) groups excluding carboxylic acids is 1. The number of ether oxygens (including phenoxy) is 1. The zero-order valence-electron chi connectivity index (χ0n) is 18.9. The molecule has 2 aromatic rings. The van der Waals surface area contributed by atoms with Crippen molar-refractivity contribution in [1.29, 1.82) is 0 Å². The van der Waals surface area contributed by atoms with Crippen LogP contribution in [-0.4, -0.2) is 12.4 Å².